The SMILES string of the molecule is COc1ccc2[nH]c3c(c2c1)CC1c2cc(OC)c(OCc4ccccc4F)cc2CCN1C3c1ccc(F)cc1. The molecule has 0 aliphatic carbocycles. The van der Waals surface area contributed by atoms with Gasteiger partial charge >= 0.3 is 0 Å². The smallest absolute Gasteiger partial charge is 0.161 e. The zero-order valence-corrected chi connectivity index (χ0v) is 22.9. The molecule has 4 aromatic carbocycles. The molecule has 0 bridgehead atoms. The third-order valence-corrected chi connectivity index (χ3v) is 8.50. The minimum Gasteiger partial charge on any atom is -0.497 e. The van der Waals surface area contributed by atoms with E-state index in [9.17, 15) is 8.78 Å². The van der Waals surface area contributed by atoms with Gasteiger partial charge < -0.3 is 19.2 Å². The van der Waals surface area contributed by atoms with E-state index in [1.165, 1.54) is 34.9 Å². The molecule has 5 aromatic rings. The molecule has 0 saturated heterocycles. The summed E-state index contributed by atoms with van der Waals surface area (Å²) in [6, 6.07) is 23.7. The first-order chi connectivity index (χ1) is 20.0. The van der Waals surface area contributed by atoms with Crippen LogP contribution >= 0.6 is 0 Å². The van der Waals surface area contributed by atoms with Crippen molar-refractivity contribution in [1.82, 2.24) is 9.88 Å². The molecule has 2 unspecified atom stereocenters. The van der Waals surface area contributed by atoms with Crippen LogP contribution in [-0.4, -0.2) is 30.6 Å². The molecule has 7 rings (SSSR count). The number of nitrogens with zero attached hydrogens (tertiary/aromatic N) is 1. The number of halogens is 2. The molecule has 0 saturated carbocycles. The Bertz CT molecular complexity index is 1750. The number of aromatic nitrogens is 1. The molecule has 1 N–H and O–H groups in total. The molecule has 7 heteroatoms. The van der Waals surface area contributed by atoms with Crippen LogP contribution < -0.4 is 14.2 Å². The van der Waals surface area contributed by atoms with Crippen molar-refractivity contribution in [3.63, 3.8) is 0 Å². The normalized spacial score (nSPS) is 18.0. The molecule has 0 fully saturated rings. The summed E-state index contributed by atoms with van der Waals surface area (Å²) in [6.07, 6.45) is 1.61. The first kappa shape index (κ1) is 25.6. The predicted molar refractivity (Wildman–Crippen MR) is 154 cm³/mol. The molecular weight excluding hydrogens is 522 g/mol. The fourth-order valence-corrected chi connectivity index (χ4v) is 6.50. The fourth-order valence-electron chi connectivity index (χ4n) is 6.50. The van der Waals surface area contributed by atoms with E-state index in [4.69, 9.17) is 14.2 Å². The van der Waals surface area contributed by atoms with Crippen molar-refractivity contribution in [3.8, 4) is 17.2 Å². The van der Waals surface area contributed by atoms with Gasteiger partial charge in [0, 0.05) is 34.7 Å². The number of rotatable bonds is 6. The number of hydrogen-bond acceptors (Lipinski definition) is 4. The average molecular weight is 553 g/mol. The fraction of sp³-hybridized carbons (Fsp3) is 0.235. The maximum absolute atomic E-state index is 14.2. The summed E-state index contributed by atoms with van der Waals surface area (Å²) >= 11 is 0. The van der Waals surface area contributed by atoms with E-state index in [2.05, 4.69) is 28.1 Å². The molecule has 2 aliphatic rings. The summed E-state index contributed by atoms with van der Waals surface area (Å²) in [4.78, 5) is 6.19. The van der Waals surface area contributed by atoms with Gasteiger partial charge in [-0.3, -0.25) is 4.90 Å². The number of benzene rings is 4. The van der Waals surface area contributed by atoms with Crippen LogP contribution in [0.25, 0.3) is 10.9 Å². The van der Waals surface area contributed by atoms with Crippen LogP contribution in [0.15, 0.2) is 78.9 Å². The molecular formula is C34H30F2N2O3. The van der Waals surface area contributed by atoms with Gasteiger partial charge in [0.25, 0.3) is 0 Å². The summed E-state index contributed by atoms with van der Waals surface area (Å²) in [5.41, 5.74) is 7.33. The summed E-state index contributed by atoms with van der Waals surface area (Å²) < 4.78 is 45.6. The maximum Gasteiger partial charge on any atom is 0.161 e. The van der Waals surface area contributed by atoms with Gasteiger partial charge in [0.2, 0.25) is 0 Å². The van der Waals surface area contributed by atoms with Crippen molar-refractivity contribution in [2.45, 2.75) is 31.5 Å². The minimum absolute atomic E-state index is 0.0704. The Kier molecular flexibility index (Phi) is 6.39. The molecule has 0 radical (unpaired) electrons. The lowest BCUT2D eigenvalue weighted by Gasteiger charge is -2.46. The second-order valence-corrected chi connectivity index (χ2v) is 10.7. The Balaban J connectivity index is 1.32. The second-order valence-electron chi connectivity index (χ2n) is 10.7. The lowest BCUT2D eigenvalue weighted by Crippen LogP contribution is -2.43. The number of aromatic amines is 1. The second kappa shape index (κ2) is 10.2. The summed E-state index contributed by atoms with van der Waals surface area (Å²) in [6.45, 7) is 0.932. The zero-order valence-electron chi connectivity index (χ0n) is 22.9. The van der Waals surface area contributed by atoms with E-state index in [1.807, 2.05) is 24.3 Å². The molecule has 0 amide bonds. The summed E-state index contributed by atoms with van der Waals surface area (Å²) in [7, 11) is 3.31. The molecule has 0 spiro atoms. The number of fused-ring (bicyclic) bond motifs is 6. The van der Waals surface area contributed by atoms with Gasteiger partial charge in [0.15, 0.2) is 11.5 Å². The highest BCUT2D eigenvalue weighted by atomic mass is 19.1. The minimum atomic E-state index is -0.291. The van der Waals surface area contributed by atoms with E-state index >= 15 is 0 Å². The van der Waals surface area contributed by atoms with Crippen molar-refractivity contribution in [2.75, 3.05) is 20.8 Å². The van der Waals surface area contributed by atoms with E-state index in [-0.39, 0.29) is 30.3 Å². The Labute approximate surface area is 237 Å². The molecule has 1 aromatic heterocycles. The molecule has 3 heterocycles. The highest BCUT2D eigenvalue weighted by Gasteiger charge is 2.41. The van der Waals surface area contributed by atoms with Gasteiger partial charge in [-0.1, -0.05) is 30.3 Å². The number of nitrogens with one attached hydrogen (secondary N) is 1. The monoisotopic (exact) mass is 552 g/mol. The van der Waals surface area contributed by atoms with Crippen LogP contribution in [-0.2, 0) is 19.4 Å². The summed E-state index contributed by atoms with van der Waals surface area (Å²) in [5.74, 6) is 1.49. The van der Waals surface area contributed by atoms with Gasteiger partial charge in [-0.25, -0.2) is 8.78 Å². The Hall–Kier alpha value is -4.36. The Morgan fingerprint density at radius 2 is 1.73 bits per heavy atom. The van der Waals surface area contributed by atoms with Crippen LogP contribution in [0, 0.1) is 11.6 Å². The van der Waals surface area contributed by atoms with Gasteiger partial charge in [-0.2, -0.15) is 0 Å². The Morgan fingerprint density at radius 1 is 0.902 bits per heavy atom. The molecule has 41 heavy (non-hydrogen) atoms. The molecule has 208 valence electrons. The van der Waals surface area contributed by atoms with E-state index in [0.29, 0.717) is 17.1 Å². The Morgan fingerprint density at radius 3 is 2.51 bits per heavy atom. The summed E-state index contributed by atoms with van der Waals surface area (Å²) in [5, 5.41) is 1.13. The van der Waals surface area contributed by atoms with Crippen molar-refractivity contribution in [3.05, 3.63) is 124 Å². The average Bonchev–Trinajstić information content (AvgIpc) is 3.36. The standard InChI is InChI=1S/C34H30F2N2O3/c1-39-24-11-12-29-26(16-24)27-17-30-25-18-31(40-2)32(41-19-22-5-3-4-6-28(22)36)15-21(25)13-14-38(30)34(33(27)37-29)20-7-9-23(35)10-8-20/h3-12,15-16,18,30,34,37H,13-14,17,19H2,1-2H3. The van der Waals surface area contributed by atoms with E-state index < -0.39 is 0 Å². The van der Waals surface area contributed by atoms with E-state index in [1.54, 1.807) is 32.4 Å². The third kappa shape index (κ3) is 4.41. The molecule has 5 nitrogen and oxygen atoms in total. The molecule has 2 atom stereocenters. The van der Waals surface area contributed by atoms with Crippen molar-refractivity contribution < 1.29 is 23.0 Å². The highest BCUT2D eigenvalue weighted by molar-refractivity contribution is 5.87. The first-order valence-electron chi connectivity index (χ1n) is 13.8. The van der Waals surface area contributed by atoms with Crippen LogP contribution in [0.1, 0.15) is 45.6 Å². The third-order valence-electron chi connectivity index (χ3n) is 8.50. The number of H-pyrrole nitrogens is 1. The van der Waals surface area contributed by atoms with Crippen molar-refractivity contribution in [1.29, 1.82) is 0 Å². The van der Waals surface area contributed by atoms with Crippen LogP contribution in [0.2, 0.25) is 0 Å². The topological polar surface area (TPSA) is 46.7 Å². The molecule has 2 aliphatic heterocycles. The number of methoxy groups -OCH3 is 2. The maximum atomic E-state index is 14.2. The lowest BCUT2D eigenvalue weighted by molar-refractivity contribution is 0.127. The van der Waals surface area contributed by atoms with Gasteiger partial charge in [0.1, 0.15) is 24.0 Å². The number of hydrogen-bond donors (Lipinski definition) is 1. The number of ether oxygens (including phenoxy) is 3. The predicted octanol–water partition coefficient (Wildman–Crippen LogP) is 7.29. The van der Waals surface area contributed by atoms with Gasteiger partial charge in [0.05, 0.1) is 20.3 Å². The van der Waals surface area contributed by atoms with Crippen LogP contribution in [0.4, 0.5) is 8.78 Å². The van der Waals surface area contributed by atoms with Crippen LogP contribution in [0.3, 0.4) is 0 Å². The van der Waals surface area contributed by atoms with Gasteiger partial charge in [-0.05, 0) is 83.6 Å². The largest absolute Gasteiger partial charge is 0.497 e. The highest BCUT2D eigenvalue weighted by Crippen LogP contribution is 2.50. The quantitative estimate of drug-likeness (QED) is 0.240. The van der Waals surface area contributed by atoms with Crippen LogP contribution in [0.5, 0.6) is 17.2 Å². The lowest BCUT2D eigenvalue weighted by atomic mass is 9.80. The van der Waals surface area contributed by atoms with Crippen molar-refractivity contribution in [2.24, 2.45) is 0 Å². The van der Waals surface area contributed by atoms with Gasteiger partial charge in [-0.15, -0.1) is 0 Å². The first-order valence-corrected chi connectivity index (χ1v) is 13.8. The van der Waals surface area contributed by atoms with E-state index in [0.717, 1.165) is 47.3 Å². The zero-order chi connectivity index (χ0) is 28.1. The van der Waals surface area contributed by atoms with Crippen molar-refractivity contribution >= 4 is 10.9 Å².